The molecule has 0 bridgehead atoms. The minimum Gasteiger partial charge on any atom is -0.507 e. The minimum atomic E-state index is -0.814. The number of likely N-dealkylation sites (tertiary alicyclic amines) is 1. The first-order valence-electron chi connectivity index (χ1n) is 9.02. The Balaban J connectivity index is 2.13. The van der Waals surface area contributed by atoms with Crippen LogP contribution >= 0.6 is 0 Å². The first-order chi connectivity index (χ1) is 13.8. The molecule has 1 amide bonds. The van der Waals surface area contributed by atoms with Crippen LogP contribution in [-0.2, 0) is 9.59 Å². The van der Waals surface area contributed by atoms with Gasteiger partial charge in [0.25, 0.3) is 11.7 Å². The number of hydrogen-bond donors (Lipinski definition) is 1. The Labute approximate surface area is 168 Å². The normalized spacial score (nSPS) is 18.5. The van der Waals surface area contributed by atoms with Gasteiger partial charge in [-0.15, -0.1) is 0 Å². The molecule has 1 aromatic carbocycles. The average Bonchev–Trinajstić information content (AvgIpc) is 2.97. The Morgan fingerprint density at radius 1 is 1.31 bits per heavy atom. The van der Waals surface area contributed by atoms with E-state index in [9.17, 15) is 19.1 Å². The number of amides is 1. The second-order valence-electron chi connectivity index (χ2n) is 6.93. The van der Waals surface area contributed by atoms with Gasteiger partial charge in [0.2, 0.25) is 0 Å². The number of aliphatic hydroxyl groups excluding tert-OH is 1. The fourth-order valence-corrected chi connectivity index (χ4v) is 3.27. The lowest BCUT2D eigenvalue weighted by Gasteiger charge is -2.26. The highest BCUT2D eigenvalue weighted by Gasteiger charge is 2.46. The van der Waals surface area contributed by atoms with Gasteiger partial charge in [0, 0.05) is 31.0 Å². The molecule has 152 valence electrons. The Morgan fingerprint density at radius 2 is 2.07 bits per heavy atom. The Kier molecular flexibility index (Phi) is 5.93. The molecule has 1 N–H and O–H groups in total. The van der Waals surface area contributed by atoms with Gasteiger partial charge in [0.1, 0.15) is 5.76 Å². The number of methoxy groups -OCH3 is 1. The number of rotatable bonds is 6. The van der Waals surface area contributed by atoms with Crippen LogP contribution in [-0.4, -0.2) is 65.9 Å². The van der Waals surface area contributed by atoms with Crippen LogP contribution in [0.2, 0.25) is 0 Å². The third kappa shape index (κ3) is 3.97. The maximum atomic E-state index is 14.1. The summed E-state index contributed by atoms with van der Waals surface area (Å²) in [7, 11) is 5.04. The fourth-order valence-electron chi connectivity index (χ4n) is 3.27. The molecule has 8 heteroatoms. The molecule has 1 fully saturated rings. The Morgan fingerprint density at radius 3 is 2.66 bits per heavy atom. The monoisotopic (exact) mass is 399 g/mol. The maximum absolute atomic E-state index is 14.1. The van der Waals surface area contributed by atoms with Crippen LogP contribution in [0.25, 0.3) is 5.76 Å². The summed E-state index contributed by atoms with van der Waals surface area (Å²) in [4.78, 5) is 32.9. The third-order valence-corrected chi connectivity index (χ3v) is 4.75. The molecule has 0 aliphatic carbocycles. The summed E-state index contributed by atoms with van der Waals surface area (Å²) in [5.41, 5.74) is 0.579. The van der Waals surface area contributed by atoms with E-state index in [-0.39, 0.29) is 23.4 Å². The summed E-state index contributed by atoms with van der Waals surface area (Å²) in [6, 6.07) is 6.47. The number of Topliss-reactive ketones (excluding diaryl/α,β-unsaturated/α-hetero) is 1. The lowest BCUT2D eigenvalue weighted by Crippen LogP contribution is -2.35. The zero-order valence-corrected chi connectivity index (χ0v) is 16.4. The standard InChI is InChI=1S/C21H22FN3O4/c1-24(2)9-10-25-18(14-5-4-8-23-12-14)17(20(27)21(25)28)19(26)13-6-7-16(29-3)15(22)11-13/h4-8,11-12,18,26H,9-10H2,1-3H3. The molecule has 1 aromatic heterocycles. The summed E-state index contributed by atoms with van der Waals surface area (Å²) >= 11 is 0. The number of benzene rings is 1. The molecule has 0 spiro atoms. The third-order valence-electron chi connectivity index (χ3n) is 4.75. The maximum Gasteiger partial charge on any atom is 0.295 e. The van der Waals surface area contributed by atoms with E-state index in [4.69, 9.17) is 4.74 Å². The van der Waals surface area contributed by atoms with E-state index < -0.39 is 29.3 Å². The van der Waals surface area contributed by atoms with Crippen molar-refractivity contribution in [3.05, 3.63) is 65.2 Å². The molecule has 0 saturated carbocycles. The predicted molar refractivity (Wildman–Crippen MR) is 105 cm³/mol. The van der Waals surface area contributed by atoms with Crippen LogP contribution in [0.15, 0.2) is 48.3 Å². The molecular formula is C21H22FN3O4. The number of ether oxygens (including phenoxy) is 1. The summed E-state index contributed by atoms with van der Waals surface area (Å²) in [5.74, 6) is -2.64. The molecule has 1 aliphatic heterocycles. The number of halogens is 1. The number of carbonyl (C=O) groups is 2. The second-order valence-corrected chi connectivity index (χ2v) is 6.93. The van der Waals surface area contributed by atoms with Gasteiger partial charge >= 0.3 is 0 Å². The van der Waals surface area contributed by atoms with Crippen LogP contribution in [0.1, 0.15) is 17.2 Å². The van der Waals surface area contributed by atoms with E-state index in [1.165, 1.54) is 24.1 Å². The van der Waals surface area contributed by atoms with Crippen molar-refractivity contribution in [2.75, 3.05) is 34.3 Å². The number of ketones is 1. The average molecular weight is 399 g/mol. The number of hydrogen-bond acceptors (Lipinski definition) is 6. The van der Waals surface area contributed by atoms with Crippen molar-refractivity contribution in [2.24, 2.45) is 0 Å². The molecule has 1 saturated heterocycles. The minimum absolute atomic E-state index is 0.0109. The molecule has 3 rings (SSSR count). The van der Waals surface area contributed by atoms with Gasteiger partial charge in [-0.1, -0.05) is 6.07 Å². The molecule has 7 nitrogen and oxygen atoms in total. The molecule has 2 heterocycles. The fraction of sp³-hybridized carbons (Fsp3) is 0.286. The predicted octanol–water partition coefficient (Wildman–Crippen LogP) is 2.21. The largest absolute Gasteiger partial charge is 0.507 e. The lowest BCUT2D eigenvalue weighted by molar-refractivity contribution is -0.140. The Bertz CT molecular complexity index is 960. The van der Waals surface area contributed by atoms with E-state index in [2.05, 4.69) is 4.98 Å². The molecule has 29 heavy (non-hydrogen) atoms. The first-order valence-corrected chi connectivity index (χ1v) is 9.02. The van der Waals surface area contributed by atoms with Crippen molar-refractivity contribution < 1.29 is 23.8 Å². The van der Waals surface area contributed by atoms with Gasteiger partial charge in [-0.25, -0.2) is 4.39 Å². The summed E-state index contributed by atoms with van der Waals surface area (Å²) < 4.78 is 19.0. The quantitative estimate of drug-likeness (QED) is 0.456. The number of aliphatic hydroxyl groups is 1. The summed E-state index contributed by atoms with van der Waals surface area (Å²) in [5, 5.41) is 10.9. The SMILES string of the molecule is COc1ccc(C(O)=C2C(=O)C(=O)N(CCN(C)C)C2c2cccnc2)cc1F. The number of carbonyl (C=O) groups excluding carboxylic acids is 2. The van der Waals surface area contributed by atoms with E-state index in [1.807, 2.05) is 19.0 Å². The van der Waals surface area contributed by atoms with Gasteiger partial charge in [-0.2, -0.15) is 0 Å². The van der Waals surface area contributed by atoms with Gasteiger partial charge in [-0.05, 0) is 43.9 Å². The van der Waals surface area contributed by atoms with E-state index in [1.54, 1.807) is 24.5 Å². The molecule has 1 aliphatic rings. The van der Waals surface area contributed by atoms with Gasteiger partial charge < -0.3 is 19.6 Å². The van der Waals surface area contributed by atoms with Crippen molar-refractivity contribution in [3.63, 3.8) is 0 Å². The smallest absolute Gasteiger partial charge is 0.295 e. The number of nitrogens with zero attached hydrogens (tertiary/aromatic N) is 3. The molecular weight excluding hydrogens is 377 g/mol. The van der Waals surface area contributed by atoms with Gasteiger partial charge in [0.05, 0.1) is 18.7 Å². The highest BCUT2D eigenvalue weighted by Crippen LogP contribution is 2.39. The zero-order chi connectivity index (χ0) is 21.1. The first kappa shape index (κ1) is 20.5. The highest BCUT2D eigenvalue weighted by molar-refractivity contribution is 6.46. The van der Waals surface area contributed by atoms with Crippen molar-refractivity contribution in [1.82, 2.24) is 14.8 Å². The summed E-state index contributed by atoms with van der Waals surface area (Å²) in [6.07, 6.45) is 3.12. The van der Waals surface area contributed by atoms with Crippen LogP contribution in [0.5, 0.6) is 5.75 Å². The van der Waals surface area contributed by atoms with Gasteiger partial charge in [0.15, 0.2) is 11.6 Å². The van der Waals surface area contributed by atoms with E-state index >= 15 is 0 Å². The van der Waals surface area contributed by atoms with E-state index in [0.717, 1.165) is 6.07 Å². The molecule has 1 atom stereocenters. The number of likely N-dealkylation sites (N-methyl/N-ethyl adjacent to an activating group) is 1. The van der Waals surface area contributed by atoms with Crippen LogP contribution < -0.4 is 4.74 Å². The second kappa shape index (κ2) is 8.40. The Hall–Kier alpha value is -3.26. The summed E-state index contributed by atoms with van der Waals surface area (Å²) in [6.45, 7) is 0.811. The molecule has 1 unspecified atom stereocenters. The number of pyridine rings is 1. The van der Waals surface area contributed by atoms with Crippen molar-refractivity contribution in [3.8, 4) is 5.75 Å². The van der Waals surface area contributed by atoms with Crippen molar-refractivity contribution in [2.45, 2.75) is 6.04 Å². The topological polar surface area (TPSA) is 83.0 Å². The van der Waals surface area contributed by atoms with Gasteiger partial charge in [-0.3, -0.25) is 14.6 Å². The van der Waals surface area contributed by atoms with Crippen molar-refractivity contribution in [1.29, 1.82) is 0 Å². The molecule has 0 radical (unpaired) electrons. The van der Waals surface area contributed by atoms with Crippen LogP contribution in [0.4, 0.5) is 4.39 Å². The van der Waals surface area contributed by atoms with Crippen LogP contribution in [0.3, 0.4) is 0 Å². The van der Waals surface area contributed by atoms with Crippen LogP contribution in [0, 0.1) is 5.82 Å². The zero-order valence-electron chi connectivity index (χ0n) is 16.4. The lowest BCUT2D eigenvalue weighted by atomic mass is 9.96. The number of aromatic nitrogens is 1. The van der Waals surface area contributed by atoms with E-state index in [0.29, 0.717) is 12.1 Å². The molecule has 2 aromatic rings. The highest BCUT2D eigenvalue weighted by atomic mass is 19.1. The van der Waals surface area contributed by atoms with Crippen molar-refractivity contribution >= 4 is 17.4 Å².